The number of rotatable bonds is 4. The van der Waals surface area contributed by atoms with Crippen LogP contribution >= 0.6 is 0 Å². The molecule has 15 heavy (non-hydrogen) atoms. The predicted octanol–water partition coefficient (Wildman–Crippen LogP) is 1.29. The Morgan fingerprint density at radius 3 is 2.87 bits per heavy atom. The third kappa shape index (κ3) is 3.16. The van der Waals surface area contributed by atoms with Gasteiger partial charge >= 0.3 is 0 Å². The number of anilines is 1. The Hall–Kier alpha value is -1.16. The summed E-state index contributed by atoms with van der Waals surface area (Å²) in [4.78, 5) is 10.7. The monoisotopic (exact) mass is 206 g/mol. The van der Waals surface area contributed by atoms with Crippen molar-refractivity contribution in [2.75, 3.05) is 31.5 Å². The SMILES string of the molecule is Cc1cc(NCCN2CCCC2)ncn1. The minimum atomic E-state index is 0.932. The van der Waals surface area contributed by atoms with E-state index in [9.17, 15) is 0 Å². The second-order valence-electron chi connectivity index (χ2n) is 4.02. The van der Waals surface area contributed by atoms with Crippen molar-refractivity contribution in [3.8, 4) is 0 Å². The minimum Gasteiger partial charge on any atom is -0.369 e. The molecule has 0 aromatic carbocycles. The molecule has 0 saturated carbocycles. The van der Waals surface area contributed by atoms with Crippen molar-refractivity contribution >= 4 is 5.82 Å². The van der Waals surface area contributed by atoms with Crippen LogP contribution in [0.2, 0.25) is 0 Å². The van der Waals surface area contributed by atoms with Gasteiger partial charge in [-0.25, -0.2) is 9.97 Å². The molecule has 0 unspecified atom stereocenters. The van der Waals surface area contributed by atoms with Crippen LogP contribution in [0.15, 0.2) is 12.4 Å². The molecule has 82 valence electrons. The Morgan fingerprint density at radius 2 is 2.13 bits per heavy atom. The van der Waals surface area contributed by atoms with Gasteiger partial charge < -0.3 is 10.2 Å². The third-order valence-electron chi connectivity index (χ3n) is 2.74. The highest BCUT2D eigenvalue weighted by Gasteiger charge is 2.10. The van der Waals surface area contributed by atoms with Gasteiger partial charge in [0.25, 0.3) is 0 Å². The zero-order valence-electron chi connectivity index (χ0n) is 9.24. The summed E-state index contributed by atoms with van der Waals surface area (Å²) in [6.07, 6.45) is 4.31. The summed E-state index contributed by atoms with van der Waals surface area (Å²) in [6.45, 7) is 6.57. The first-order valence-corrected chi connectivity index (χ1v) is 5.59. The zero-order valence-corrected chi connectivity index (χ0v) is 9.24. The van der Waals surface area contributed by atoms with Crippen molar-refractivity contribution in [1.82, 2.24) is 14.9 Å². The largest absolute Gasteiger partial charge is 0.369 e. The third-order valence-corrected chi connectivity index (χ3v) is 2.74. The highest BCUT2D eigenvalue weighted by Crippen LogP contribution is 2.07. The summed E-state index contributed by atoms with van der Waals surface area (Å²) in [6, 6.07) is 1.98. The Balaban J connectivity index is 1.73. The average Bonchev–Trinajstić information content (AvgIpc) is 2.71. The van der Waals surface area contributed by atoms with Crippen LogP contribution in [0, 0.1) is 6.92 Å². The van der Waals surface area contributed by atoms with Crippen molar-refractivity contribution in [3.63, 3.8) is 0 Å². The molecular weight excluding hydrogens is 188 g/mol. The second-order valence-corrected chi connectivity index (χ2v) is 4.02. The minimum absolute atomic E-state index is 0.932. The Kier molecular flexibility index (Phi) is 3.50. The van der Waals surface area contributed by atoms with Crippen LogP contribution in [0.1, 0.15) is 18.5 Å². The number of likely N-dealkylation sites (tertiary alicyclic amines) is 1. The van der Waals surface area contributed by atoms with E-state index in [1.165, 1.54) is 25.9 Å². The lowest BCUT2D eigenvalue weighted by Crippen LogP contribution is -2.26. The molecule has 1 saturated heterocycles. The molecule has 0 radical (unpaired) electrons. The molecule has 0 amide bonds. The number of nitrogens with one attached hydrogen (secondary N) is 1. The first-order chi connectivity index (χ1) is 7.34. The Bertz CT molecular complexity index is 307. The number of nitrogens with zero attached hydrogens (tertiary/aromatic N) is 3. The van der Waals surface area contributed by atoms with Crippen LogP contribution in [-0.2, 0) is 0 Å². The van der Waals surface area contributed by atoms with Gasteiger partial charge in [-0.15, -0.1) is 0 Å². The van der Waals surface area contributed by atoms with Crippen LogP contribution in [-0.4, -0.2) is 41.0 Å². The summed E-state index contributed by atoms with van der Waals surface area (Å²) >= 11 is 0. The molecular formula is C11H18N4. The van der Waals surface area contributed by atoms with Crippen LogP contribution in [0.25, 0.3) is 0 Å². The molecule has 1 aromatic heterocycles. The lowest BCUT2D eigenvalue weighted by molar-refractivity contribution is 0.352. The molecule has 1 fully saturated rings. The van der Waals surface area contributed by atoms with Crippen molar-refractivity contribution in [3.05, 3.63) is 18.1 Å². The van der Waals surface area contributed by atoms with Gasteiger partial charge in [0.1, 0.15) is 12.1 Å². The molecule has 4 heteroatoms. The molecule has 0 aliphatic carbocycles. The number of hydrogen-bond acceptors (Lipinski definition) is 4. The summed E-state index contributed by atoms with van der Waals surface area (Å²) in [5.74, 6) is 0.932. The van der Waals surface area contributed by atoms with Gasteiger partial charge in [-0.2, -0.15) is 0 Å². The molecule has 1 aliphatic rings. The topological polar surface area (TPSA) is 41.0 Å². The molecule has 2 rings (SSSR count). The molecule has 4 nitrogen and oxygen atoms in total. The van der Waals surface area contributed by atoms with Gasteiger partial charge in [0.15, 0.2) is 0 Å². The van der Waals surface area contributed by atoms with E-state index in [1.807, 2.05) is 13.0 Å². The first-order valence-electron chi connectivity index (χ1n) is 5.59. The highest BCUT2D eigenvalue weighted by atomic mass is 15.2. The van der Waals surface area contributed by atoms with Crippen molar-refractivity contribution < 1.29 is 0 Å². The van der Waals surface area contributed by atoms with E-state index in [0.29, 0.717) is 0 Å². The molecule has 0 spiro atoms. The smallest absolute Gasteiger partial charge is 0.129 e. The fourth-order valence-corrected chi connectivity index (χ4v) is 1.90. The van der Waals surface area contributed by atoms with Crippen LogP contribution in [0.3, 0.4) is 0 Å². The van der Waals surface area contributed by atoms with Gasteiger partial charge in [-0.3, -0.25) is 0 Å². The summed E-state index contributed by atoms with van der Waals surface area (Å²) in [7, 11) is 0. The quantitative estimate of drug-likeness (QED) is 0.806. The maximum absolute atomic E-state index is 4.16. The van der Waals surface area contributed by atoms with Crippen LogP contribution < -0.4 is 5.32 Å². The fourth-order valence-electron chi connectivity index (χ4n) is 1.90. The van der Waals surface area contributed by atoms with E-state index in [4.69, 9.17) is 0 Å². The summed E-state index contributed by atoms with van der Waals surface area (Å²) < 4.78 is 0. The predicted molar refractivity (Wildman–Crippen MR) is 60.9 cm³/mol. The van der Waals surface area contributed by atoms with Crippen molar-refractivity contribution in [2.45, 2.75) is 19.8 Å². The Labute approximate surface area is 90.7 Å². The normalized spacial score (nSPS) is 16.9. The van der Waals surface area contributed by atoms with E-state index in [0.717, 1.165) is 24.6 Å². The zero-order chi connectivity index (χ0) is 10.5. The van der Waals surface area contributed by atoms with Crippen LogP contribution in [0.4, 0.5) is 5.82 Å². The molecule has 1 N–H and O–H groups in total. The summed E-state index contributed by atoms with van der Waals surface area (Å²) in [5, 5.41) is 3.32. The highest BCUT2D eigenvalue weighted by molar-refractivity contribution is 5.34. The maximum atomic E-state index is 4.16. The van der Waals surface area contributed by atoms with E-state index in [1.54, 1.807) is 6.33 Å². The number of aromatic nitrogens is 2. The standard InChI is InChI=1S/C11H18N4/c1-10-8-11(14-9-13-10)12-4-7-15-5-2-3-6-15/h8-9H,2-7H2,1H3,(H,12,13,14). The molecule has 1 aromatic rings. The van der Waals surface area contributed by atoms with Gasteiger partial charge in [-0.1, -0.05) is 0 Å². The van der Waals surface area contributed by atoms with Gasteiger partial charge in [0, 0.05) is 24.8 Å². The molecule has 1 aliphatic heterocycles. The van der Waals surface area contributed by atoms with E-state index < -0.39 is 0 Å². The van der Waals surface area contributed by atoms with Gasteiger partial charge in [0.2, 0.25) is 0 Å². The number of hydrogen-bond donors (Lipinski definition) is 1. The fraction of sp³-hybridized carbons (Fsp3) is 0.636. The lowest BCUT2D eigenvalue weighted by Gasteiger charge is -2.14. The molecule has 0 atom stereocenters. The summed E-state index contributed by atoms with van der Waals surface area (Å²) in [5.41, 5.74) is 1.01. The second kappa shape index (κ2) is 5.07. The number of aryl methyl sites for hydroxylation is 1. The average molecular weight is 206 g/mol. The maximum Gasteiger partial charge on any atom is 0.129 e. The first kappa shape index (κ1) is 10.4. The lowest BCUT2D eigenvalue weighted by atomic mass is 10.4. The van der Waals surface area contributed by atoms with Crippen molar-refractivity contribution in [2.24, 2.45) is 0 Å². The van der Waals surface area contributed by atoms with E-state index >= 15 is 0 Å². The van der Waals surface area contributed by atoms with E-state index in [2.05, 4.69) is 20.2 Å². The molecule has 2 heterocycles. The Morgan fingerprint density at radius 1 is 1.33 bits per heavy atom. The van der Waals surface area contributed by atoms with Crippen LogP contribution in [0.5, 0.6) is 0 Å². The molecule has 0 bridgehead atoms. The van der Waals surface area contributed by atoms with Gasteiger partial charge in [0.05, 0.1) is 0 Å². The van der Waals surface area contributed by atoms with Gasteiger partial charge in [-0.05, 0) is 32.9 Å². The van der Waals surface area contributed by atoms with E-state index in [-0.39, 0.29) is 0 Å². The van der Waals surface area contributed by atoms with Crippen molar-refractivity contribution in [1.29, 1.82) is 0 Å².